The van der Waals surface area contributed by atoms with Crippen LogP contribution in [0, 0.1) is 0 Å². The molecule has 0 saturated heterocycles. The van der Waals surface area contributed by atoms with Crippen LogP contribution in [0.15, 0.2) is 42.5 Å². The van der Waals surface area contributed by atoms with E-state index in [1.807, 2.05) is 6.07 Å². The zero-order valence-electron chi connectivity index (χ0n) is 10.8. The topological polar surface area (TPSA) is 38.7 Å². The molecule has 0 fully saturated rings. The fourth-order valence-electron chi connectivity index (χ4n) is 1.83. The second-order valence-electron chi connectivity index (χ2n) is 4.10. The highest BCUT2D eigenvalue weighted by Crippen LogP contribution is 2.36. The first-order chi connectivity index (χ1) is 9.11. The molecule has 0 saturated carbocycles. The molecule has 2 aromatic rings. The van der Waals surface area contributed by atoms with Crippen LogP contribution in [-0.4, -0.2) is 12.2 Å². The SMILES string of the molecule is COc1cccc(Oc2ccc(Cl)cc2)c1[C@@H](C)O. The summed E-state index contributed by atoms with van der Waals surface area (Å²) in [5, 5.41) is 10.5. The van der Waals surface area contributed by atoms with Gasteiger partial charge in [0.25, 0.3) is 0 Å². The van der Waals surface area contributed by atoms with Crippen molar-refractivity contribution < 1.29 is 14.6 Å². The molecule has 19 heavy (non-hydrogen) atoms. The summed E-state index contributed by atoms with van der Waals surface area (Å²) in [6, 6.07) is 12.4. The van der Waals surface area contributed by atoms with E-state index in [4.69, 9.17) is 21.1 Å². The molecule has 0 aromatic heterocycles. The first-order valence-electron chi connectivity index (χ1n) is 5.90. The van der Waals surface area contributed by atoms with Gasteiger partial charge in [-0.3, -0.25) is 0 Å². The Bertz CT molecular complexity index is 550. The number of hydrogen-bond donors (Lipinski definition) is 1. The van der Waals surface area contributed by atoms with Crippen molar-refractivity contribution in [2.75, 3.05) is 7.11 Å². The zero-order valence-corrected chi connectivity index (χ0v) is 11.5. The van der Waals surface area contributed by atoms with Gasteiger partial charge in [0.15, 0.2) is 0 Å². The molecule has 1 N–H and O–H groups in total. The van der Waals surface area contributed by atoms with Gasteiger partial charge in [-0.05, 0) is 43.3 Å². The van der Waals surface area contributed by atoms with E-state index in [9.17, 15) is 5.11 Å². The Labute approximate surface area is 117 Å². The van der Waals surface area contributed by atoms with Crippen LogP contribution in [0.2, 0.25) is 5.02 Å². The van der Waals surface area contributed by atoms with Crippen molar-refractivity contribution in [3.05, 3.63) is 53.1 Å². The predicted octanol–water partition coefficient (Wildman–Crippen LogP) is 4.19. The molecule has 0 bridgehead atoms. The molecule has 0 aliphatic heterocycles. The van der Waals surface area contributed by atoms with E-state index in [0.717, 1.165) is 0 Å². The first-order valence-corrected chi connectivity index (χ1v) is 6.28. The van der Waals surface area contributed by atoms with Crippen LogP contribution in [0.5, 0.6) is 17.2 Å². The third kappa shape index (κ3) is 3.19. The lowest BCUT2D eigenvalue weighted by Crippen LogP contribution is -2.00. The van der Waals surface area contributed by atoms with Crippen LogP contribution in [0.3, 0.4) is 0 Å². The van der Waals surface area contributed by atoms with E-state index in [2.05, 4.69) is 0 Å². The summed E-state index contributed by atoms with van der Waals surface area (Å²) in [7, 11) is 1.56. The van der Waals surface area contributed by atoms with Crippen LogP contribution in [-0.2, 0) is 0 Å². The summed E-state index contributed by atoms with van der Waals surface area (Å²) in [6.45, 7) is 1.67. The summed E-state index contributed by atoms with van der Waals surface area (Å²) in [6.07, 6.45) is -0.682. The van der Waals surface area contributed by atoms with E-state index >= 15 is 0 Å². The van der Waals surface area contributed by atoms with Crippen molar-refractivity contribution in [1.29, 1.82) is 0 Å². The number of methoxy groups -OCH3 is 1. The number of halogens is 1. The highest BCUT2D eigenvalue weighted by atomic mass is 35.5. The minimum absolute atomic E-state index is 0.566. The molecule has 0 amide bonds. The third-order valence-electron chi connectivity index (χ3n) is 2.71. The molecule has 4 heteroatoms. The standard InChI is InChI=1S/C15H15ClO3/c1-10(17)15-13(18-2)4-3-5-14(15)19-12-8-6-11(16)7-9-12/h3-10,17H,1-2H3/t10-/m1/s1. The molecule has 0 aliphatic carbocycles. The van der Waals surface area contributed by atoms with Gasteiger partial charge in [0, 0.05) is 5.02 Å². The predicted molar refractivity (Wildman–Crippen MR) is 75.2 cm³/mol. The molecule has 2 rings (SSSR count). The van der Waals surface area contributed by atoms with Gasteiger partial charge in [0.1, 0.15) is 17.2 Å². The highest BCUT2D eigenvalue weighted by Gasteiger charge is 2.15. The molecule has 1 atom stereocenters. The van der Waals surface area contributed by atoms with Crippen molar-refractivity contribution in [3.63, 3.8) is 0 Å². The third-order valence-corrected chi connectivity index (χ3v) is 2.96. The molecule has 0 radical (unpaired) electrons. The van der Waals surface area contributed by atoms with Crippen LogP contribution < -0.4 is 9.47 Å². The summed E-state index contributed by atoms with van der Waals surface area (Å²) >= 11 is 5.83. The largest absolute Gasteiger partial charge is 0.496 e. The fourth-order valence-corrected chi connectivity index (χ4v) is 1.96. The molecular weight excluding hydrogens is 264 g/mol. The molecule has 0 heterocycles. The lowest BCUT2D eigenvalue weighted by Gasteiger charge is -2.16. The quantitative estimate of drug-likeness (QED) is 0.911. The van der Waals surface area contributed by atoms with Crippen molar-refractivity contribution >= 4 is 11.6 Å². The number of hydrogen-bond acceptors (Lipinski definition) is 3. The van der Waals surface area contributed by atoms with E-state index in [1.165, 1.54) is 0 Å². The number of ether oxygens (including phenoxy) is 2. The Morgan fingerprint density at radius 3 is 2.26 bits per heavy atom. The maximum Gasteiger partial charge on any atom is 0.136 e. The van der Waals surface area contributed by atoms with Crippen LogP contribution >= 0.6 is 11.6 Å². The summed E-state index contributed by atoms with van der Waals surface area (Å²) in [5.41, 5.74) is 0.625. The summed E-state index contributed by atoms with van der Waals surface area (Å²) in [4.78, 5) is 0. The Balaban J connectivity index is 2.36. The summed E-state index contributed by atoms with van der Waals surface area (Å²) < 4.78 is 11.0. The molecule has 0 aliphatic rings. The number of rotatable bonds is 4. The maximum absolute atomic E-state index is 9.86. The van der Waals surface area contributed by atoms with E-state index < -0.39 is 6.10 Å². The second-order valence-corrected chi connectivity index (χ2v) is 4.54. The smallest absolute Gasteiger partial charge is 0.136 e. The lowest BCUT2D eigenvalue weighted by atomic mass is 10.1. The fraction of sp³-hybridized carbons (Fsp3) is 0.200. The van der Waals surface area contributed by atoms with Gasteiger partial charge in [-0.15, -0.1) is 0 Å². The van der Waals surface area contributed by atoms with Crippen LogP contribution in [0.4, 0.5) is 0 Å². The average molecular weight is 279 g/mol. The minimum Gasteiger partial charge on any atom is -0.496 e. The zero-order chi connectivity index (χ0) is 13.8. The Morgan fingerprint density at radius 2 is 1.68 bits per heavy atom. The van der Waals surface area contributed by atoms with Crippen LogP contribution in [0.1, 0.15) is 18.6 Å². The van der Waals surface area contributed by atoms with Gasteiger partial charge >= 0.3 is 0 Å². The highest BCUT2D eigenvalue weighted by molar-refractivity contribution is 6.30. The lowest BCUT2D eigenvalue weighted by molar-refractivity contribution is 0.190. The molecule has 0 unspecified atom stereocenters. The van der Waals surface area contributed by atoms with Crippen molar-refractivity contribution in [2.45, 2.75) is 13.0 Å². The summed E-state index contributed by atoms with van der Waals surface area (Å²) in [5.74, 6) is 1.82. The number of aliphatic hydroxyl groups is 1. The molecule has 3 nitrogen and oxygen atoms in total. The maximum atomic E-state index is 9.86. The van der Waals surface area contributed by atoms with Crippen molar-refractivity contribution in [3.8, 4) is 17.2 Å². The van der Waals surface area contributed by atoms with Crippen LogP contribution in [0.25, 0.3) is 0 Å². The number of benzene rings is 2. The Kier molecular flexibility index (Phi) is 4.30. The molecule has 0 spiro atoms. The van der Waals surface area contributed by atoms with Crippen molar-refractivity contribution in [1.82, 2.24) is 0 Å². The molecule has 2 aromatic carbocycles. The Morgan fingerprint density at radius 1 is 1.05 bits per heavy atom. The average Bonchev–Trinajstić information content (AvgIpc) is 2.40. The van der Waals surface area contributed by atoms with Gasteiger partial charge in [-0.25, -0.2) is 0 Å². The molecule has 100 valence electrons. The van der Waals surface area contributed by atoms with Gasteiger partial charge in [-0.2, -0.15) is 0 Å². The first kappa shape index (κ1) is 13.7. The Hall–Kier alpha value is -1.71. The number of aliphatic hydroxyl groups excluding tert-OH is 1. The molecular formula is C15H15ClO3. The van der Waals surface area contributed by atoms with Gasteiger partial charge in [0.05, 0.1) is 18.8 Å². The second kappa shape index (κ2) is 5.95. The van der Waals surface area contributed by atoms with Gasteiger partial charge < -0.3 is 14.6 Å². The van der Waals surface area contributed by atoms with Gasteiger partial charge in [-0.1, -0.05) is 17.7 Å². The van der Waals surface area contributed by atoms with Gasteiger partial charge in [0.2, 0.25) is 0 Å². The van der Waals surface area contributed by atoms with E-state index in [0.29, 0.717) is 27.8 Å². The van der Waals surface area contributed by atoms with E-state index in [-0.39, 0.29) is 0 Å². The van der Waals surface area contributed by atoms with E-state index in [1.54, 1.807) is 50.4 Å². The monoisotopic (exact) mass is 278 g/mol. The normalized spacial score (nSPS) is 12.0. The van der Waals surface area contributed by atoms with Crippen molar-refractivity contribution in [2.24, 2.45) is 0 Å². The minimum atomic E-state index is -0.682.